The van der Waals surface area contributed by atoms with Crippen LogP contribution in [0, 0.1) is 11.6 Å². The van der Waals surface area contributed by atoms with Crippen molar-refractivity contribution in [2.45, 2.75) is 6.92 Å². The molecule has 0 saturated heterocycles. The molecule has 0 heterocycles. The highest BCUT2D eigenvalue weighted by Crippen LogP contribution is 2.13. The second-order valence-corrected chi connectivity index (χ2v) is 2.81. The zero-order valence-electron chi connectivity index (χ0n) is 8.04. The Labute approximate surface area is 85.3 Å². The maximum atomic E-state index is 13.2. The molecule has 0 saturated carbocycles. The molecule has 80 valence electrons. The molecule has 0 amide bonds. The Balaban J connectivity index is 3.16. The normalized spacial score (nSPS) is 11.3. The maximum absolute atomic E-state index is 13.2. The van der Waals surface area contributed by atoms with E-state index in [0.29, 0.717) is 0 Å². The Morgan fingerprint density at radius 2 is 1.67 bits per heavy atom. The van der Waals surface area contributed by atoms with E-state index in [1.54, 1.807) is 0 Å². The summed E-state index contributed by atoms with van der Waals surface area (Å²) in [5.74, 6) is -1.69. The molecular weight excluding hydrogens is 202 g/mol. The van der Waals surface area contributed by atoms with Gasteiger partial charge in [-0.3, -0.25) is 0 Å². The summed E-state index contributed by atoms with van der Waals surface area (Å²) in [4.78, 5) is 0. The summed E-state index contributed by atoms with van der Waals surface area (Å²) in [7, 11) is 0. The molecule has 1 aromatic rings. The van der Waals surface area contributed by atoms with Crippen LogP contribution in [0.1, 0.15) is 12.5 Å². The first kappa shape index (κ1) is 11.1. The first-order chi connectivity index (χ1) is 7.02. The predicted molar refractivity (Wildman–Crippen MR) is 54.4 cm³/mol. The maximum Gasteiger partial charge on any atom is 0.211 e. The number of halogens is 2. The fraction of sp³-hybridized carbons (Fsp3) is 0.111. The van der Waals surface area contributed by atoms with Gasteiger partial charge in [0, 0.05) is 0 Å². The Bertz CT molecular complexity index is 402. The molecule has 0 aromatic heterocycles. The van der Waals surface area contributed by atoms with Crippen molar-refractivity contribution in [1.82, 2.24) is 0 Å². The van der Waals surface area contributed by atoms with Gasteiger partial charge in [0.1, 0.15) is 11.6 Å². The molecule has 1 aromatic carbocycles. The first-order valence-electron chi connectivity index (χ1n) is 4.10. The monoisotopic (exact) mass is 212 g/mol. The molecular formula is C9H10F2N4. The SMILES string of the molecule is C/C(=N/N=C(N)N)c1c(F)cccc1F. The summed E-state index contributed by atoms with van der Waals surface area (Å²) < 4.78 is 26.4. The molecule has 0 bridgehead atoms. The molecule has 0 aliphatic rings. The highest BCUT2D eigenvalue weighted by atomic mass is 19.1. The first-order valence-corrected chi connectivity index (χ1v) is 4.10. The smallest absolute Gasteiger partial charge is 0.211 e. The van der Waals surface area contributed by atoms with Crippen LogP contribution in [0.15, 0.2) is 28.4 Å². The van der Waals surface area contributed by atoms with E-state index in [9.17, 15) is 8.78 Å². The molecule has 4 N–H and O–H groups in total. The van der Waals surface area contributed by atoms with Gasteiger partial charge in [-0.05, 0) is 19.1 Å². The van der Waals surface area contributed by atoms with Crippen LogP contribution in [0.3, 0.4) is 0 Å². The van der Waals surface area contributed by atoms with Gasteiger partial charge in [-0.2, -0.15) is 5.10 Å². The van der Waals surface area contributed by atoms with Gasteiger partial charge in [0.15, 0.2) is 0 Å². The number of guanidine groups is 1. The second-order valence-electron chi connectivity index (χ2n) is 2.81. The van der Waals surface area contributed by atoms with Gasteiger partial charge < -0.3 is 11.5 Å². The van der Waals surface area contributed by atoms with Gasteiger partial charge in [0.25, 0.3) is 0 Å². The third-order valence-electron chi connectivity index (χ3n) is 1.64. The Morgan fingerprint density at radius 3 is 2.13 bits per heavy atom. The van der Waals surface area contributed by atoms with E-state index in [4.69, 9.17) is 11.5 Å². The third kappa shape index (κ3) is 2.73. The Kier molecular flexibility index (Phi) is 3.33. The minimum atomic E-state index is -0.706. The van der Waals surface area contributed by atoms with Gasteiger partial charge in [-0.25, -0.2) is 8.78 Å². The van der Waals surface area contributed by atoms with Crippen molar-refractivity contribution in [3.05, 3.63) is 35.4 Å². The topological polar surface area (TPSA) is 76.8 Å². The largest absolute Gasteiger partial charge is 0.369 e. The molecule has 0 radical (unpaired) electrons. The molecule has 0 aliphatic heterocycles. The lowest BCUT2D eigenvalue weighted by Crippen LogP contribution is -2.22. The fourth-order valence-corrected chi connectivity index (χ4v) is 1.03. The lowest BCUT2D eigenvalue weighted by Gasteiger charge is -2.02. The van der Waals surface area contributed by atoms with Crippen LogP contribution >= 0.6 is 0 Å². The van der Waals surface area contributed by atoms with Crippen LogP contribution in [-0.2, 0) is 0 Å². The zero-order chi connectivity index (χ0) is 11.4. The number of nitrogens with two attached hydrogens (primary N) is 2. The number of nitrogens with zero attached hydrogens (tertiary/aromatic N) is 2. The van der Waals surface area contributed by atoms with Crippen molar-refractivity contribution in [2.75, 3.05) is 0 Å². The zero-order valence-corrected chi connectivity index (χ0v) is 8.04. The molecule has 6 heteroatoms. The predicted octanol–water partition coefficient (Wildman–Crippen LogP) is 0.962. The summed E-state index contributed by atoms with van der Waals surface area (Å²) in [5, 5.41) is 6.80. The van der Waals surface area contributed by atoms with Crippen molar-refractivity contribution in [1.29, 1.82) is 0 Å². The fourth-order valence-electron chi connectivity index (χ4n) is 1.03. The molecule has 0 atom stereocenters. The molecule has 0 unspecified atom stereocenters. The summed E-state index contributed by atoms with van der Waals surface area (Å²) in [5.41, 5.74) is 9.89. The summed E-state index contributed by atoms with van der Waals surface area (Å²) >= 11 is 0. The number of hydrogen-bond donors (Lipinski definition) is 2. The molecule has 1 rings (SSSR count). The van der Waals surface area contributed by atoms with Gasteiger partial charge in [0.05, 0.1) is 11.3 Å². The summed E-state index contributed by atoms with van der Waals surface area (Å²) in [6, 6.07) is 3.53. The number of hydrogen-bond acceptors (Lipinski definition) is 2. The lowest BCUT2D eigenvalue weighted by molar-refractivity contribution is 0.579. The highest BCUT2D eigenvalue weighted by molar-refractivity contribution is 5.99. The average Bonchev–Trinajstić information content (AvgIpc) is 2.14. The van der Waals surface area contributed by atoms with Crippen LogP contribution in [0.25, 0.3) is 0 Å². The lowest BCUT2D eigenvalue weighted by atomic mass is 10.1. The van der Waals surface area contributed by atoms with Crippen molar-refractivity contribution in [2.24, 2.45) is 21.7 Å². The number of rotatable bonds is 2. The van der Waals surface area contributed by atoms with Crippen LogP contribution in [0.5, 0.6) is 0 Å². The van der Waals surface area contributed by atoms with E-state index in [1.807, 2.05) is 0 Å². The van der Waals surface area contributed by atoms with E-state index in [2.05, 4.69) is 10.2 Å². The third-order valence-corrected chi connectivity index (χ3v) is 1.64. The Morgan fingerprint density at radius 1 is 1.13 bits per heavy atom. The van der Waals surface area contributed by atoms with E-state index in [-0.39, 0.29) is 17.2 Å². The molecule has 0 aliphatic carbocycles. The van der Waals surface area contributed by atoms with E-state index in [1.165, 1.54) is 13.0 Å². The van der Waals surface area contributed by atoms with Crippen molar-refractivity contribution >= 4 is 11.7 Å². The van der Waals surface area contributed by atoms with Crippen molar-refractivity contribution in [3.63, 3.8) is 0 Å². The van der Waals surface area contributed by atoms with E-state index in [0.717, 1.165) is 12.1 Å². The van der Waals surface area contributed by atoms with E-state index < -0.39 is 11.6 Å². The average molecular weight is 212 g/mol. The van der Waals surface area contributed by atoms with Gasteiger partial charge >= 0.3 is 0 Å². The van der Waals surface area contributed by atoms with Crippen LogP contribution in [0.4, 0.5) is 8.78 Å². The molecule has 0 fully saturated rings. The summed E-state index contributed by atoms with van der Waals surface area (Å²) in [6.07, 6.45) is 0. The summed E-state index contributed by atoms with van der Waals surface area (Å²) in [6.45, 7) is 1.41. The second kappa shape index (κ2) is 4.50. The van der Waals surface area contributed by atoms with Crippen LogP contribution in [0.2, 0.25) is 0 Å². The van der Waals surface area contributed by atoms with Crippen molar-refractivity contribution in [3.8, 4) is 0 Å². The Hall–Kier alpha value is -1.98. The quantitative estimate of drug-likeness (QED) is 0.435. The van der Waals surface area contributed by atoms with Crippen molar-refractivity contribution < 1.29 is 8.78 Å². The van der Waals surface area contributed by atoms with Crippen LogP contribution < -0.4 is 11.5 Å². The highest BCUT2D eigenvalue weighted by Gasteiger charge is 2.10. The molecule has 15 heavy (non-hydrogen) atoms. The van der Waals surface area contributed by atoms with Gasteiger partial charge in [0.2, 0.25) is 5.96 Å². The number of benzene rings is 1. The minimum absolute atomic E-state index is 0.0685. The van der Waals surface area contributed by atoms with Gasteiger partial charge in [-0.1, -0.05) is 6.07 Å². The molecule has 0 spiro atoms. The molecule has 4 nitrogen and oxygen atoms in total. The van der Waals surface area contributed by atoms with Gasteiger partial charge in [-0.15, -0.1) is 5.10 Å². The minimum Gasteiger partial charge on any atom is -0.369 e. The standard InChI is InChI=1S/C9H10F2N4/c1-5(14-15-9(12)13)8-6(10)3-2-4-7(8)11/h2-4H,1H3,(H4,12,13,15)/b14-5-. The van der Waals surface area contributed by atoms with E-state index >= 15 is 0 Å². The van der Waals surface area contributed by atoms with Crippen LogP contribution in [-0.4, -0.2) is 11.7 Å².